The number of amides is 1. The number of unbranched alkanes of at least 4 members (excludes halogenated alkanes) is 27. The lowest BCUT2D eigenvalue weighted by Crippen LogP contribution is -2.60. The molecule has 1 aliphatic rings. The van der Waals surface area contributed by atoms with Crippen molar-refractivity contribution >= 4 is 5.91 Å². The quantitative estimate of drug-likeness (QED) is 0.0261. The topological polar surface area (TPSA) is 149 Å². The molecule has 0 spiro atoms. The lowest BCUT2D eigenvalue weighted by atomic mass is 9.99. The van der Waals surface area contributed by atoms with Crippen molar-refractivity contribution in [3.8, 4) is 0 Å². The molecule has 0 aromatic rings. The molecular formula is C68H117NO8. The summed E-state index contributed by atoms with van der Waals surface area (Å²) in [5.41, 5.74) is 0. The second kappa shape index (κ2) is 56.1. The Balaban J connectivity index is 2.25. The molecule has 0 saturated carbocycles. The van der Waals surface area contributed by atoms with Gasteiger partial charge in [-0.3, -0.25) is 4.79 Å². The fourth-order valence-corrected chi connectivity index (χ4v) is 9.37. The molecule has 1 rings (SSSR count). The Kier molecular flexibility index (Phi) is 52.4. The number of carbonyl (C=O) groups excluding carboxylic acids is 1. The van der Waals surface area contributed by atoms with Crippen molar-refractivity contribution in [1.82, 2.24) is 5.32 Å². The largest absolute Gasteiger partial charge is 0.394 e. The summed E-state index contributed by atoms with van der Waals surface area (Å²) in [7, 11) is 0. The summed E-state index contributed by atoms with van der Waals surface area (Å²) in [6.45, 7) is 3.65. The Morgan fingerprint density at radius 1 is 0.455 bits per heavy atom. The number of hydrogen-bond acceptors (Lipinski definition) is 8. The SMILES string of the molecule is CC/C=C\C/C=C\C/C=C\C/C=C\C/C=C\C/C=C\CCCCCCCCCCC(=O)NC(COC1OC(CO)C(O)C(O)C1O)C(O)/C=C/CC/C=C/CC/C=C/CCCCCCCCCCCCCCCCCCC. The summed E-state index contributed by atoms with van der Waals surface area (Å²) in [5.74, 6) is -0.202. The van der Waals surface area contributed by atoms with Crippen LogP contribution in [0.5, 0.6) is 0 Å². The van der Waals surface area contributed by atoms with Crippen molar-refractivity contribution in [3.05, 3.63) is 109 Å². The smallest absolute Gasteiger partial charge is 0.220 e. The molecule has 442 valence electrons. The van der Waals surface area contributed by atoms with Gasteiger partial charge in [-0.05, 0) is 96.3 Å². The minimum absolute atomic E-state index is 0.202. The van der Waals surface area contributed by atoms with Crippen LogP contribution in [0.15, 0.2) is 109 Å². The molecular weight excluding hydrogens is 959 g/mol. The van der Waals surface area contributed by atoms with Gasteiger partial charge in [-0.25, -0.2) is 0 Å². The third-order valence-corrected chi connectivity index (χ3v) is 14.3. The Bertz CT molecular complexity index is 1580. The highest BCUT2D eigenvalue weighted by atomic mass is 16.7. The molecule has 1 saturated heterocycles. The fraction of sp³-hybridized carbons (Fsp3) is 0.721. The monoisotopic (exact) mass is 1080 g/mol. The van der Waals surface area contributed by atoms with E-state index in [0.717, 1.165) is 96.3 Å². The molecule has 1 aliphatic heterocycles. The van der Waals surface area contributed by atoms with Gasteiger partial charge in [0.25, 0.3) is 0 Å². The molecule has 1 fully saturated rings. The molecule has 0 bridgehead atoms. The highest BCUT2D eigenvalue weighted by molar-refractivity contribution is 5.76. The molecule has 1 heterocycles. The predicted octanol–water partition coefficient (Wildman–Crippen LogP) is 16.5. The second-order valence-electron chi connectivity index (χ2n) is 21.4. The number of ether oxygens (including phenoxy) is 2. The van der Waals surface area contributed by atoms with Crippen LogP contribution < -0.4 is 5.32 Å². The van der Waals surface area contributed by atoms with Gasteiger partial charge in [0.05, 0.1) is 25.4 Å². The summed E-state index contributed by atoms with van der Waals surface area (Å²) >= 11 is 0. The average molecular weight is 1080 g/mol. The minimum atomic E-state index is -1.58. The zero-order chi connectivity index (χ0) is 55.8. The summed E-state index contributed by atoms with van der Waals surface area (Å²) in [6.07, 6.45) is 75.9. The zero-order valence-electron chi connectivity index (χ0n) is 49.2. The Morgan fingerprint density at radius 3 is 1.25 bits per heavy atom. The van der Waals surface area contributed by atoms with Crippen molar-refractivity contribution in [1.29, 1.82) is 0 Å². The van der Waals surface area contributed by atoms with Crippen molar-refractivity contribution in [2.45, 2.75) is 301 Å². The summed E-state index contributed by atoms with van der Waals surface area (Å²) < 4.78 is 11.3. The highest BCUT2D eigenvalue weighted by Crippen LogP contribution is 2.23. The zero-order valence-corrected chi connectivity index (χ0v) is 49.2. The predicted molar refractivity (Wildman–Crippen MR) is 327 cm³/mol. The van der Waals surface area contributed by atoms with Crippen LogP contribution in [0.4, 0.5) is 0 Å². The van der Waals surface area contributed by atoms with Crippen molar-refractivity contribution in [3.63, 3.8) is 0 Å². The van der Waals surface area contributed by atoms with Crippen molar-refractivity contribution < 1.29 is 39.8 Å². The highest BCUT2D eigenvalue weighted by Gasteiger charge is 2.44. The Morgan fingerprint density at radius 2 is 0.818 bits per heavy atom. The molecule has 0 aromatic heterocycles. The summed E-state index contributed by atoms with van der Waals surface area (Å²) in [5, 5.41) is 54.6. The van der Waals surface area contributed by atoms with E-state index in [1.165, 1.54) is 141 Å². The van der Waals surface area contributed by atoms with E-state index in [2.05, 4.69) is 116 Å². The average Bonchev–Trinajstić information content (AvgIpc) is 3.43. The first-order valence-corrected chi connectivity index (χ1v) is 31.6. The van der Waals surface area contributed by atoms with Gasteiger partial charge in [0.2, 0.25) is 5.91 Å². The van der Waals surface area contributed by atoms with Crippen LogP contribution in [0, 0.1) is 0 Å². The molecule has 7 unspecified atom stereocenters. The van der Waals surface area contributed by atoms with Gasteiger partial charge in [0.1, 0.15) is 24.4 Å². The maximum absolute atomic E-state index is 13.1. The van der Waals surface area contributed by atoms with Gasteiger partial charge in [0, 0.05) is 6.42 Å². The molecule has 7 atom stereocenters. The molecule has 9 heteroatoms. The lowest BCUT2D eigenvalue weighted by Gasteiger charge is -2.40. The fourth-order valence-electron chi connectivity index (χ4n) is 9.37. The number of nitrogens with one attached hydrogen (secondary N) is 1. The Hall–Kier alpha value is -3.15. The molecule has 77 heavy (non-hydrogen) atoms. The molecule has 0 radical (unpaired) electrons. The number of carbonyl (C=O) groups is 1. The molecule has 9 nitrogen and oxygen atoms in total. The van der Waals surface area contributed by atoms with E-state index in [-0.39, 0.29) is 12.5 Å². The van der Waals surface area contributed by atoms with E-state index in [0.29, 0.717) is 6.42 Å². The van der Waals surface area contributed by atoms with Gasteiger partial charge in [-0.2, -0.15) is 0 Å². The molecule has 0 aliphatic carbocycles. The normalized spacial score (nSPS) is 19.5. The van der Waals surface area contributed by atoms with Crippen LogP contribution in [0.2, 0.25) is 0 Å². The molecule has 6 N–H and O–H groups in total. The van der Waals surface area contributed by atoms with Crippen LogP contribution >= 0.6 is 0 Å². The van der Waals surface area contributed by atoms with Crippen LogP contribution in [0.1, 0.15) is 258 Å². The molecule has 1 amide bonds. The summed E-state index contributed by atoms with van der Waals surface area (Å²) in [6, 6.07) is -0.842. The third-order valence-electron chi connectivity index (χ3n) is 14.3. The Labute approximate surface area is 472 Å². The van der Waals surface area contributed by atoms with Gasteiger partial charge in [-0.15, -0.1) is 0 Å². The van der Waals surface area contributed by atoms with Gasteiger partial charge in [-0.1, -0.05) is 264 Å². The first-order chi connectivity index (χ1) is 37.8. The third kappa shape index (κ3) is 45.3. The molecule has 0 aromatic carbocycles. The van der Waals surface area contributed by atoms with Crippen LogP contribution in [-0.4, -0.2) is 87.5 Å². The summed E-state index contributed by atoms with van der Waals surface area (Å²) in [4.78, 5) is 13.1. The van der Waals surface area contributed by atoms with E-state index < -0.39 is 49.5 Å². The second-order valence-corrected chi connectivity index (χ2v) is 21.4. The van der Waals surface area contributed by atoms with Crippen molar-refractivity contribution in [2.24, 2.45) is 0 Å². The van der Waals surface area contributed by atoms with Gasteiger partial charge in [0.15, 0.2) is 6.29 Å². The first kappa shape index (κ1) is 71.9. The van der Waals surface area contributed by atoms with Crippen LogP contribution in [-0.2, 0) is 14.3 Å². The van der Waals surface area contributed by atoms with E-state index in [1.807, 2.05) is 6.08 Å². The number of hydrogen-bond donors (Lipinski definition) is 6. The number of allylic oxidation sites excluding steroid dienone is 17. The van der Waals surface area contributed by atoms with E-state index in [1.54, 1.807) is 6.08 Å². The number of aliphatic hydroxyl groups excluding tert-OH is 5. The maximum Gasteiger partial charge on any atom is 0.220 e. The minimum Gasteiger partial charge on any atom is -0.394 e. The first-order valence-electron chi connectivity index (χ1n) is 31.6. The van der Waals surface area contributed by atoms with E-state index in [9.17, 15) is 30.3 Å². The van der Waals surface area contributed by atoms with E-state index >= 15 is 0 Å². The van der Waals surface area contributed by atoms with Crippen LogP contribution in [0.25, 0.3) is 0 Å². The van der Waals surface area contributed by atoms with Crippen molar-refractivity contribution in [2.75, 3.05) is 13.2 Å². The lowest BCUT2D eigenvalue weighted by molar-refractivity contribution is -0.302. The number of rotatable bonds is 53. The van der Waals surface area contributed by atoms with Gasteiger partial charge < -0.3 is 40.3 Å². The van der Waals surface area contributed by atoms with Crippen LogP contribution in [0.3, 0.4) is 0 Å². The number of aliphatic hydroxyl groups is 5. The standard InChI is InChI=1S/C68H117NO8/c1-3-5-7-9-11-13-15-17-19-21-23-25-27-29-31-33-35-37-39-41-43-45-47-49-51-53-55-57-62(71)61(60-76-68-67(75)66(74)65(73)63(59-70)77-68)69-64(72)58-56-54-52-50-48-46-44-42-40-38-36-34-32-30-28-26-24-22-20-18-16-14-12-10-8-6-4-2/h6,8,12,14,18,20,24,26,30,32,36,38-39,41,47,49,55,57,61-63,65-68,70-71,73-75H,3-5,7,9-11,13,15-17,19,21-23,25,27-29,31,33-35,37,40,42-46,48,50-54,56,58-60H2,1-2H3,(H,69,72)/b8-6-,14-12-,20-18-,26-24-,32-30-,38-36-,41-39+,49-47+,57-55+. The maximum atomic E-state index is 13.1. The van der Waals surface area contributed by atoms with Gasteiger partial charge >= 0.3 is 0 Å². The van der Waals surface area contributed by atoms with E-state index in [4.69, 9.17) is 9.47 Å².